The summed E-state index contributed by atoms with van der Waals surface area (Å²) in [5.41, 5.74) is 0. The van der Waals surface area contributed by atoms with Crippen LogP contribution in [0.5, 0.6) is 0 Å². The molecule has 3 rings (SSSR count). The number of carbonyl (C=O) groups excluding carboxylic acids is 1. The molecule has 0 radical (unpaired) electrons. The van der Waals surface area contributed by atoms with Crippen LogP contribution in [0.4, 0.5) is 4.79 Å². The van der Waals surface area contributed by atoms with Crippen LogP contribution in [0, 0.1) is 0 Å². The number of ether oxygens (including phenoxy) is 2. The summed E-state index contributed by atoms with van der Waals surface area (Å²) >= 11 is 0. The fourth-order valence-corrected chi connectivity index (χ4v) is 8.65. The fraction of sp³-hybridized carbons (Fsp3) is 0.375. The van der Waals surface area contributed by atoms with Gasteiger partial charge in [-0.1, -0.05) is 87.5 Å². The molecule has 0 amide bonds. The van der Waals surface area contributed by atoms with Gasteiger partial charge >= 0.3 is 6.16 Å². The lowest BCUT2D eigenvalue weighted by Gasteiger charge is -2.44. The topological polar surface area (TPSA) is 44.8 Å². The molecule has 0 spiro atoms. The lowest BCUT2D eigenvalue weighted by atomic mass is 10.2. The first-order valence-corrected chi connectivity index (χ1v) is 12.1. The minimum atomic E-state index is -2.62. The molecule has 0 saturated carbocycles. The summed E-state index contributed by atoms with van der Waals surface area (Å²) in [6, 6.07) is 21.1. The third-order valence-electron chi connectivity index (χ3n) is 5.26. The first-order valence-electron chi connectivity index (χ1n) is 10.2. The zero-order valence-corrected chi connectivity index (χ0v) is 18.6. The van der Waals surface area contributed by atoms with Crippen LogP contribution < -0.4 is 10.4 Å². The van der Waals surface area contributed by atoms with E-state index in [-0.39, 0.29) is 17.2 Å². The number of rotatable bonds is 6. The summed E-state index contributed by atoms with van der Waals surface area (Å²) in [7, 11) is -2.62. The minimum Gasteiger partial charge on any atom is -0.435 e. The molecule has 0 aromatic heterocycles. The molecule has 2 aromatic carbocycles. The van der Waals surface area contributed by atoms with Crippen molar-refractivity contribution >= 4 is 24.8 Å². The Morgan fingerprint density at radius 3 is 1.93 bits per heavy atom. The lowest BCUT2D eigenvalue weighted by molar-refractivity contribution is 0.0342. The van der Waals surface area contributed by atoms with Gasteiger partial charge in [0.15, 0.2) is 0 Å². The highest BCUT2D eigenvalue weighted by molar-refractivity contribution is 6.99. The summed E-state index contributed by atoms with van der Waals surface area (Å²) in [5, 5.41) is 2.38. The molecule has 29 heavy (non-hydrogen) atoms. The van der Waals surface area contributed by atoms with Crippen molar-refractivity contribution in [3.05, 3.63) is 72.8 Å². The van der Waals surface area contributed by atoms with Gasteiger partial charge in [0.05, 0.1) is 12.7 Å². The summed E-state index contributed by atoms with van der Waals surface area (Å²) < 4.78 is 17.3. The Hall–Kier alpha value is -2.37. The average Bonchev–Trinajstić information content (AvgIpc) is 3.13. The largest absolute Gasteiger partial charge is 0.508 e. The highest BCUT2D eigenvalue weighted by atomic mass is 28.4. The molecule has 0 N–H and O–H groups in total. The Morgan fingerprint density at radius 2 is 1.45 bits per heavy atom. The van der Waals surface area contributed by atoms with E-state index in [9.17, 15) is 4.79 Å². The van der Waals surface area contributed by atoms with Crippen LogP contribution in [0.1, 0.15) is 34.1 Å². The molecule has 154 valence electrons. The van der Waals surface area contributed by atoms with Gasteiger partial charge in [-0.3, -0.25) is 0 Å². The highest BCUT2D eigenvalue weighted by Gasteiger charge is 2.51. The summed E-state index contributed by atoms with van der Waals surface area (Å²) in [4.78, 5) is 11.7. The zero-order valence-electron chi connectivity index (χ0n) is 17.6. The van der Waals surface area contributed by atoms with Crippen molar-refractivity contribution in [2.24, 2.45) is 0 Å². The van der Waals surface area contributed by atoms with E-state index in [4.69, 9.17) is 13.9 Å². The van der Waals surface area contributed by atoms with Crippen molar-refractivity contribution < 1.29 is 18.7 Å². The van der Waals surface area contributed by atoms with Crippen LogP contribution >= 0.6 is 0 Å². The van der Waals surface area contributed by atoms with Crippen LogP contribution in [0.15, 0.2) is 72.8 Å². The number of benzene rings is 2. The van der Waals surface area contributed by atoms with Gasteiger partial charge in [0.25, 0.3) is 8.32 Å². The Labute approximate surface area is 174 Å². The maximum absolute atomic E-state index is 11.7. The summed E-state index contributed by atoms with van der Waals surface area (Å²) in [6.07, 6.45) is 3.44. The fourth-order valence-electron chi connectivity index (χ4n) is 4.00. The molecule has 0 aliphatic heterocycles. The molecule has 0 fully saturated rings. The van der Waals surface area contributed by atoms with Gasteiger partial charge in [0.2, 0.25) is 0 Å². The van der Waals surface area contributed by atoms with Gasteiger partial charge in [0.1, 0.15) is 6.10 Å². The van der Waals surface area contributed by atoms with Crippen LogP contribution in [0.25, 0.3) is 0 Å². The molecule has 1 aliphatic rings. The van der Waals surface area contributed by atoms with Crippen molar-refractivity contribution in [3.63, 3.8) is 0 Å². The molecule has 5 heteroatoms. The van der Waals surface area contributed by atoms with Gasteiger partial charge < -0.3 is 13.9 Å². The standard InChI is InChI=1S/C24H30O4Si/c1-5-26-23(25)27-19-16-17-20(18-19)28-29(24(2,3)4,21-12-8-6-9-13-21)22-14-10-7-11-15-22/h6-17,19-20H,5,18H2,1-4H3/t19-,20+/m0/s1. The molecule has 2 aromatic rings. The van der Waals surface area contributed by atoms with Crippen molar-refractivity contribution in [1.29, 1.82) is 0 Å². The monoisotopic (exact) mass is 410 g/mol. The van der Waals surface area contributed by atoms with Crippen molar-refractivity contribution in [3.8, 4) is 0 Å². The SMILES string of the molecule is CCOC(=O)O[C@H]1C=C[C@@H](O[Si](c2ccccc2)(c2ccccc2)C(C)(C)C)C1. The van der Waals surface area contributed by atoms with Crippen molar-refractivity contribution in [1.82, 2.24) is 0 Å². The van der Waals surface area contributed by atoms with E-state index in [2.05, 4.69) is 69.3 Å². The number of hydrogen-bond donors (Lipinski definition) is 0. The van der Waals surface area contributed by atoms with Gasteiger partial charge in [-0.2, -0.15) is 0 Å². The number of hydrogen-bond acceptors (Lipinski definition) is 4. The second-order valence-corrected chi connectivity index (χ2v) is 12.5. The van der Waals surface area contributed by atoms with E-state index in [1.54, 1.807) is 6.92 Å². The van der Waals surface area contributed by atoms with Crippen molar-refractivity contribution in [2.75, 3.05) is 6.61 Å². The first kappa shape index (κ1) is 21.3. The third-order valence-corrected chi connectivity index (χ3v) is 10.3. The maximum Gasteiger partial charge on any atom is 0.508 e. The zero-order chi connectivity index (χ0) is 20.9. The van der Waals surface area contributed by atoms with Crippen LogP contribution in [0.3, 0.4) is 0 Å². The van der Waals surface area contributed by atoms with E-state index in [1.165, 1.54) is 10.4 Å². The van der Waals surface area contributed by atoms with E-state index < -0.39 is 14.5 Å². The lowest BCUT2D eigenvalue weighted by Crippen LogP contribution is -2.67. The molecule has 4 nitrogen and oxygen atoms in total. The van der Waals surface area contributed by atoms with Gasteiger partial charge in [-0.05, 0) is 28.4 Å². The van der Waals surface area contributed by atoms with Gasteiger partial charge in [-0.25, -0.2) is 4.79 Å². The molecule has 0 saturated heterocycles. The van der Waals surface area contributed by atoms with E-state index in [0.717, 1.165) is 0 Å². The predicted octanol–water partition coefficient (Wildman–Crippen LogP) is 4.43. The minimum absolute atomic E-state index is 0.0936. The molecule has 0 unspecified atom stereocenters. The second-order valence-electron chi connectivity index (χ2n) is 8.28. The van der Waals surface area contributed by atoms with Crippen molar-refractivity contribution in [2.45, 2.75) is 51.4 Å². The highest BCUT2D eigenvalue weighted by Crippen LogP contribution is 2.38. The van der Waals surface area contributed by atoms with Gasteiger partial charge in [0, 0.05) is 6.42 Å². The predicted molar refractivity (Wildman–Crippen MR) is 118 cm³/mol. The first-order chi connectivity index (χ1) is 13.9. The second kappa shape index (κ2) is 8.97. The quantitative estimate of drug-likeness (QED) is 0.401. The van der Waals surface area contributed by atoms with E-state index in [1.807, 2.05) is 24.3 Å². The molecule has 1 aliphatic carbocycles. The molecule has 2 atom stereocenters. The molecular formula is C24H30O4Si. The summed E-state index contributed by atoms with van der Waals surface area (Å²) in [5.74, 6) is 0. The molecule has 0 bridgehead atoms. The normalized spacial score (nSPS) is 19.2. The Bertz CT molecular complexity index is 787. The van der Waals surface area contributed by atoms with Crippen LogP contribution in [0.2, 0.25) is 5.04 Å². The summed E-state index contributed by atoms with van der Waals surface area (Å²) in [6.45, 7) is 8.83. The Kier molecular flexibility index (Phi) is 6.60. The molecular weight excluding hydrogens is 380 g/mol. The third kappa shape index (κ3) is 4.62. The molecule has 0 heterocycles. The van der Waals surface area contributed by atoms with Gasteiger partial charge in [-0.15, -0.1) is 0 Å². The average molecular weight is 411 g/mol. The van der Waals surface area contributed by atoms with E-state index in [0.29, 0.717) is 13.0 Å². The Balaban J connectivity index is 1.93. The Morgan fingerprint density at radius 1 is 0.931 bits per heavy atom. The van der Waals surface area contributed by atoms with Crippen LogP contribution in [-0.4, -0.2) is 33.3 Å². The van der Waals surface area contributed by atoms with E-state index >= 15 is 0 Å². The maximum atomic E-state index is 11.7. The number of carbonyl (C=O) groups is 1. The smallest absolute Gasteiger partial charge is 0.435 e. The van der Waals surface area contributed by atoms with Crippen LogP contribution in [-0.2, 0) is 13.9 Å².